The lowest BCUT2D eigenvalue weighted by Gasteiger charge is -2.01. The Hall–Kier alpha value is -2.07. The van der Waals surface area contributed by atoms with Crippen LogP contribution < -0.4 is 0 Å². The van der Waals surface area contributed by atoms with Gasteiger partial charge in [-0.25, -0.2) is 0 Å². The summed E-state index contributed by atoms with van der Waals surface area (Å²) in [5.41, 5.74) is 2.23. The molecule has 0 aromatic heterocycles. The van der Waals surface area contributed by atoms with E-state index < -0.39 is 0 Å². The topological polar surface area (TPSA) is 4.36 Å². The largest absolute Gasteiger partial charge is 0.322 e. The van der Waals surface area contributed by atoms with Crippen LogP contribution in [-0.2, 0) is 0 Å². The van der Waals surface area contributed by atoms with Gasteiger partial charge in [0, 0.05) is 11.1 Å². The lowest BCUT2D eigenvalue weighted by Crippen LogP contribution is -1.94. The lowest BCUT2D eigenvalue weighted by molar-refractivity contribution is 1.02. The van der Waals surface area contributed by atoms with Gasteiger partial charge in [0.25, 0.3) is 6.57 Å². The first-order valence-corrected chi connectivity index (χ1v) is 4.92. The van der Waals surface area contributed by atoms with Gasteiger partial charge in [-0.15, -0.1) is 0 Å². The van der Waals surface area contributed by atoms with Crippen LogP contribution in [0.4, 0.5) is 0 Å². The molecule has 0 aliphatic heterocycles. The van der Waals surface area contributed by atoms with Crippen LogP contribution >= 0.6 is 0 Å². The molecule has 15 heavy (non-hydrogen) atoms. The monoisotopic (exact) mass is 194 g/mol. The van der Waals surface area contributed by atoms with Crippen molar-refractivity contribution in [1.29, 1.82) is 0 Å². The Kier molecular flexibility index (Phi) is 2.80. The average molecular weight is 194 g/mol. The van der Waals surface area contributed by atoms with Gasteiger partial charge in [-0.1, -0.05) is 65.5 Å². The Morgan fingerprint density at radius 2 is 1.13 bits per heavy atom. The van der Waals surface area contributed by atoms with E-state index in [1.54, 1.807) is 0 Å². The molecule has 0 heterocycles. The summed E-state index contributed by atoms with van der Waals surface area (Å²) in [7, 11) is 0. The third kappa shape index (κ3) is 2.05. The first-order valence-electron chi connectivity index (χ1n) is 4.92. The fourth-order valence-corrected chi connectivity index (χ4v) is 1.64. The average Bonchev–Trinajstić information content (AvgIpc) is 2.33. The summed E-state index contributed by atoms with van der Waals surface area (Å²) < 4.78 is 0. The van der Waals surface area contributed by atoms with Crippen molar-refractivity contribution in [3.63, 3.8) is 0 Å². The van der Waals surface area contributed by atoms with E-state index in [1.165, 1.54) is 0 Å². The predicted octanol–water partition coefficient (Wildman–Crippen LogP) is 3.74. The van der Waals surface area contributed by atoms with Crippen molar-refractivity contribution in [2.75, 3.05) is 0 Å². The SMILES string of the molecule is C#[N+]C(c1ccccc1)c1ccccc1. The summed E-state index contributed by atoms with van der Waals surface area (Å²) in [5, 5.41) is 0. The van der Waals surface area contributed by atoms with Crippen LogP contribution in [0.1, 0.15) is 17.2 Å². The molecule has 0 radical (unpaired) electrons. The molecule has 1 heteroatoms. The molecule has 0 spiro atoms. The van der Waals surface area contributed by atoms with Gasteiger partial charge in [0.2, 0.25) is 0 Å². The Labute approximate surface area is 89.8 Å². The summed E-state index contributed by atoms with van der Waals surface area (Å²) in [6.45, 7) is 5.46. The van der Waals surface area contributed by atoms with Gasteiger partial charge in [-0.05, 0) is 0 Å². The molecule has 2 rings (SSSR count). The molecule has 2 aromatic rings. The van der Waals surface area contributed by atoms with Gasteiger partial charge < -0.3 is 0 Å². The van der Waals surface area contributed by atoms with Crippen molar-refractivity contribution in [1.82, 2.24) is 0 Å². The minimum Gasteiger partial charge on any atom is -0.0731 e. The van der Waals surface area contributed by atoms with Crippen molar-refractivity contribution in [3.05, 3.63) is 76.6 Å². The molecule has 0 fully saturated rings. The van der Waals surface area contributed by atoms with Crippen molar-refractivity contribution in [3.8, 4) is 6.57 Å². The standard InChI is InChI=1S/C14H12N/c1-15-14(12-8-4-2-5-9-12)13-10-6-3-7-11-13/h1-11,14H/q+1. The van der Waals surface area contributed by atoms with E-state index in [-0.39, 0.29) is 6.04 Å². The number of rotatable bonds is 2. The Morgan fingerprint density at radius 1 is 0.733 bits per heavy atom. The highest BCUT2D eigenvalue weighted by atomic mass is 14.7. The maximum atomic E-state index is 5.46. The molecule has 2 aromatic carbocycles. The molecule has 0 amide bonds. The zero-order valence-corrected chi connectivity index (χ0v) is 8.38. The summed E-state index contributed by atoms with van der Waals surface area (Å²) in [6, 6.07) is 20.0. The molecule has 72 valence electrons. The second-order valence-corrected chi connectivity index (χ2v) is 3.37. The van der Waals surface area contributed by atoms with E-state index in [4.69, 9.17) is 6.57 Å². The van der Waals surface area contributed by atoms with Gasteiger partial charge in [0.05, 0.1) is 0 Å². The van der Waals surface area contributed by atoms with Gasteiger partial charge in [0.1, 0.15) is 0 Å². The number of nitrogens with zero attached hydrogens (tertiary/aromatic N) is 1. The van der Waals surface area contributed by atoms with Crippen molar-refractivity contribution < 1.29 is 0 Å². The van der Waals surface area contributed by atoms with Crippen LogP contribution in [0.2, 0.25) is 0 Å². The van der Waals surface area contributed by atoms with Gasteiger partial charge >= 0.3 is 6.04 Å². The predicted molar refractivity (Wildman–Crippen MR) is 63.0 cm³/mol. The van der Waals surface area contributed by atoms with Crippen LogP contribution in [0.25, 0.3) is 4.85 Å². The molecule has 0 atom stereocenters. The van der Waals surface area contributed by atoms with Crippen LogP contribution in [-0.4, -0.2) is 0 Å². The lowest BCUT2D eigenvalue weighted by atomic mass is 10.00. The Balaban J connectivity index is 2.39. The molecular formula is C14H12N+. The van der Waals surface area contributed by atoms with E-state index in [0.29, 0.717) is 0 Å². The highest BCUT2D eigenvalue weighted by Crippen LogP contribution is 2.25. The first-order chi connectivity index (χ1) is 7.42. The minimum absolute atomic E-state index is 0.0626. The molecular weight excluding hydrogens is 182 g/mol. The number of benzene rings is 2. The normalized spacial score (nSPS) is 9.87. The highest BCUT2D eigenvalue weighted by Gasteiger charge is 2.20. The van der Waals surface area contributed by atoms with E-state index >= 15 is 0 Å². The van der Waals surface area contributed by atoms with Gasteiger partial charge in [0.15, 0.2) is 0 Å². The summed E-state index contributed by atoms with van der Waals surface area (Å²) in [6.07, 6.45) is 0. The molecule has 1 nitrogen and oxygen atoms in total. The summed E-state index contributed by atoms with van der Waals surface area (Å²) in [5.74, 6) is 0. The summed E-state index contributed by atoms with van der Waals surface area (Å²) in [4.78, 5) is 3.93. The van der Waals surface area contributed by atoms with Gasteiger partial charge in [-0.3, -0.25) is 0 Å². The first kappa shape index (κ1) is 9.48. The maximum absolute atomic E-state index is 5.46. The molecule has 0 bridgehead atoms. The third-order valence-electron chi connectivity index (χ3n) is 2.38. The smallest absolute Gasteiger partial charge is 0.0731 e. The fourth-order valence-electron chi connectivity index (χ4n) is 1.64. The summed E-state index contributed by atoms with van der Waals surface area (Å²) >= 11 is 0. The Bertz CT molecular complexity index is 414. The second-order valence-electron chi connectivity index (χ2n) is 3.37. The highest BCUT2D eigenvalue weighted by molar-refractivity contribution is 5.34. The number of hydrogen-bond donors (Lipinski definition) is 0. The van der Waals surface area contributed by atoms with E-state index in [2.05, 4.69) is 4.85 Å². The molecule has 0 aliphatic rings. The fraction of sp³-hybridized carbons (Fsp3) is 0.0714. The second kappa shape index (κ2) is 4.43. The molecule has 0 saturated heterocycles. The molecule has 0 aliphatic carbocycles. The van der Waals surface area contributed by atoms with Crippen LogP contribution in [0, 0.1) is 6.57 Å². The number of hydrogen-bond acceptors (Lipinski definition) is 0. The zero-order valence-electron chi connectivity index (χ0n) is 8.38. The Morgan fingerprint density at radius 3 is 1.47 bits per heavy atom. The van der Waals surface area contributed by atoms with Crippen LogP contribution in [0.15, 0.2) is 60.7 Å². The van der Waals surface area contributed by atoms with E-state index in [1.807, 2.05) is 60.7 Å². The minimum atomic E-state index is -0.0626. The van der Waals surface area contributed by atoms with Gasteiger partial charge in [-0.2, -0.15) is 0 Å². The zero-order chi connectivity index (χ0) is 10.5. The van der Waals surface area contributed by atoms with E-state index in [0.717, 1.165) is 11.1 Å². The van der Waals surface area contributed by atoms with E-state index in [9.17, 15) is 0 Å². The van der Waals surface area contributed by atoms with Crippen LogP contribution in [0.3, 0.4) is 0 Å². The molecule has 0 N–H and O–H groups in total. The maximum Gasteiger partial charge on any atom is 0.322 e. The quantitative estimate of drug-likeness (QED) is 0.686. The molecule has 0 unspecified atom stereocenters. The van der Waals surface area contributed by atoms with Crippen molar-refractivity contribution in [2.24, 2.45) is 0 Å². The van der Waals surface area contributed by atoms with Crippen LogP contribution in [0.5, 0.6) is 0 Å². The third-order valence-corrected chi connectivity index (χ3v) is 2.38. The van der Waals surface area contributed by atoms with Crippen molar-refractivity contribution >= 4 is 0 Å². The van der Waals surface area contributed by atoms with Crippen molar-refractivity contribution in [2.45, 2.75) is 6.04 Å². The molecule has 0 saturated carbocycles.